The van der Waals surface area contributed by atoms with Crippen LogP contribution in [0, 0.1) is 0 Å². The lowest BCUT2D eigenvalue weighted by atomic mass is 10.1. The fourth-order valence-electron chi connectivity index (χ4n) is 3.26. The molecule has 148 valence electrons. The van der Waals surface area contributed by atoms with Gasteiger partial charge in [-0.2, -0.15) is 4.98 Å². The van der Waals surface area contributed by atoms with Gasteiger partial charge in [0.25, 0.3) is 0 Å². The molecule has 0 spiro atoms. The van der Waals surface area contributed by atoms with E-state index >= 15 is 0 Å². The van der Waals surface area contributed by atoms with Gasteiger partial charge in [0.15, 0.2) is 11.9 Å². The summed E-state index contributed by atoms with van der Waals surface area (Å²) in [6.07, 6.45) is -0.496. The molecule has 1 N–H and O–H groups in total. The van der Waals surface area contributed by atoms with Gasteiger partial charge in [-0.1, -0.05) is 90.1 Å². The van der Waals surface area contributed by atoms with Crippen molar-refractivity contribution in [3.63, 3.8) is 0 Å². The first kappa shape index (κ1) is 18.9. The fraction of sp³-hybridized carbons (Fsp3) is 0.0870. The number of aromatic nitrogens is 3. The van der Waals surface area contributed by atoms with Crippen molar-refractivity contribution in [3.8, 4) is 17.1 Å². The summed E-state index contributed by atoms with van der Waals surface area (Å²) in [6.45, 7) is 0. The van der Waals surface area contributed by atoms with E-state index in [1.54, 1.807) is 0 Å². The predicted molar refractivity (Wildman–Crippen MR) is 120 cm³/mol. The second-order valence-corrected chi connectivity index (χ2v) is 8.08. The van der Waals surface area contributed by atoms with Crippen LogP contribution in [0.4, 0.5) is 5.69 Å². The van der Waals surface area contributed by atoms with Gasteiger partial charge in [-0.15, -0.1) is 10.2 Å². The Balaban J connectivity index is 1.52. The molecule has 0 amide bonds. The third-order valence-electron chi connectivity index (χ3n) is 4.73. The molecule has 30 heavy (non-hydrogen) atoms. The monoisotopic (exact) mass is 432 g/mol. The Hall–Kier alpha value is -3.09. The first-order valence-electron chi connectivity index (χ1n) is 9.46. The fourth-order valence-corrected chi connectivity index (χ4v) is 4.23. The van der Waals surface area contributed by atoms with Crippen molar-refractivity contribution >= 4 is 29.1 Å². The number of thioether (sulfide) groups is 1. The number of para-hydroxylation sites is 1. The standard InChI is InChI=1S/C23H17ClN4OS/c24-18-12-6-4-10-16(18)21-25-19-13-7-5-11-17(19)20-22(29-21)26-23(28-27-20)30-14-15-8-2-1-3-9-15/h1-13,21,25H,14H2/t21-/m1/s1. The largest absolute Gasteiger partial charge is 0.448 e. The van der Waals surface area contributed by atoms with E-state index < -0.39 is 6.23 Å². The quantitative estimate of drug-likeness (QED) is 0.400. The molecule has 0 radical (unpaired) electrons. The van der Waals surface area contributed by atoms with Crippen molar-refractivity contribution in [2.45, 2.75) is 17.1 Å². The normalized spacial score (nSPS) is 14.6. The van der Waals surface area contributed by atoms with Crippen molar-refractivity contribution in [2.75, 3.05) is 5.32 Å². The van der Waals surface area contributed by atoms with Gasteiger partial charge >= 0.3 is 0 Å². The molecular formula is C23H17ClN4OS. The van der Waals surface area contributed by atoms with Crippen molar-refractivity contribution < 1.29 is 4.74 Å². The van der Waals surface area contributed by atoms with Crippen LogP contribution in [0.25, 0.3) is 11.3 Å². The van der Waals surface area contributed by atoms with E-state index in [-0.39, 0.29) is 0 Å². The minimum absolute atomic E-state index is 0.433. The molecule has 0 saturated heterocycles. The highest BCUT2D eigenvalue weighted by atomic mass is 35.5. The number of hydrogen-bond donors (Lipinski definition) is 1. The number of ether oxygens (including phenoxy) is 1. The van der Waals surface area contributed by atoms with E-state index in [2.05, 4.69) is 32.6 Å². The summed E-state index contributed by atoms with van der Waals surface area (Å²) >= 11 is 7.96. The number of rotatable bonds is 4. The maximum Gasteiger partial charge on any atom is 0.247 e. The first-order valence-corrected chi connectivity index (χ1v) is 10.8. The SMILES string of the molecule is Clc1ccccc1[C@@H]1Nc2ccccc2-c2nnc(SCc3ccccc3)nc2O1. The highest BCUT2D eigenvalue weighted by molar-refractivity contribution is 7.98. The third kappa shape index (κ3) is 3.84. The Kier molecular flexibility index (Phi) is 5.26. The molecule has 3 aromatic carbocycles. The molecule has 2 heterocycles. The van der Waals surface area contributed by atoms with Crippen molar-refractivity contribution in [3.05, 3.63) is 95.0 Å². The summed E-state index contributed by atoms with van der Waals surface area (Å²) in [5, 5.41) is 13.4. The lowest BCUT2D eigenvalue weighted by molar-refractivity contribution is 0.225. The van der Waals surface area contributed by atoms with E-state index in [9.17, 15) is 0 Å². The number of halogens is 1. The molecule has 4 aromatic rings. The van der Waals surface area contributed by atoms with Gasteiger partial charge in [0, 0.05) is 27.6 Å². The Morgan fingerprint density at radius 3 is 2.53 bits per heavy atom. The zero-order chi connectivity index (χ0) is 20.3. The van der Waals surface area contributed by atoms with Crippen LogP contribution in [0.1, 0.15) is 17.4 Å². The zero-order valence-electron chi connectivity index (χ0n) is 15.8. The van der Waals surface area contributed by atoms with Crippen LogP contribution in [-0.2, 0) is 5.75 Å². The Morgan fingerprint density at radius 1 is 0.900 bits per heavy atom. The average molecular weight is 433 g/mol. The molecule has 1 aromatic heterocycles. The maximum absolute atomic E-state index is 6.44. The molecule has 1 aliphatic rings. The lowest BCUT2D eigenvalue weighted by Gasteiger charge is -2.20. The van der Waals surface area contributed by atoms with E-state index in [1.807, 2.05) is 66.7 Å². The van der Waals surface area contributed by atoms with Gasteiger partial charge in [-0.05, 0) is 17.7 Å². The minimum Gasteiger partial charge on any atom is -0.448 e. The molecule has 1 aliphatic heterocycles. The average Bonchev–Trinajstić information content (AvgIpc) is 2.95. The van der Waals surface area contributed by atoms with Gasteiger partial charge in [0.05, 0.1) is 0 Å². The van der Waals surface area contributed by atoms with Gasteiger partial charge < -0.3 is 10.1 Å². The van der Waals surface area contributed by atoms with E-state index in [0.29, 0.717) is 21.8 Å². The molecule has 5 rings (SSSR count). The molecule has 1 atom stereocenters. The predicted octanol–water partition coefficient (Wildman–Crippen LogP) is 5.99. The molecule has 0 unspecified atom stereocenters. The van der Waals surface area contributed by atoms with Crippen molar-refractivity contribution in [1.29, 1.82) is 0 Å². The highest BCUT2D eigenvalue weighted by Gasteiger charge is 2.27. The number of hydrogen-bond acceptors (Lipinski definition) is 6. The molecule has 7 heteroatoms. The maximum atomic E-state index is 6.44. The van der Waals surface area contributed by atoms with Crippen molar-refractivity contribution in [2.24, 2.45) is 0 Å². The zero-order valence-corrected chi connectivity index (χ0v) is 17.4. The summed E-state index contributed by atoms with van der Waals surface area (Å²) in [4.78, 5) is 4.68. The molecule has 0 saturated carbocycles. The summed E-state index contributed by atoms with van der Waals surface area (Å²) in [5.41, 5.74) is 4.42. The van der Waals surface area contributed by atoms with E-state index in [0.717, 1.165) is 22.6 Å². The number of benzene rings is 3. The van der Waals surface area contributed by atoms with Crippen LogP contribution in [0.3, 0.4) is 0 Å². The summed E-state index contributed by atoms with van der Waals surface area (Å²) < 4.78 is 6.28. The van der Waals surface area contributed by atoms with Crippen LogP contribution in [0.2, 0.25) is 5.02 Å². The highest BCUT2D eigenvalue weighted by Crippen LogP contribution is 2.40. The molecular weight excluding hydrogens is 416 g/mol. The number of nitrogens with zero attached hydrogens (tertiary/aromatic N) is 3. The van der Waals surface area contributed by atoms with Crippen LogP contribution in [0.5, 0.6) is 5.88 Å². The van der Waals surface area contributed by atoms with Crippen molar-refractivity contribution in [1.82, 2.24) is 15.2 Å². The molecule has 5 nitrogen and oxygen atoms in total. The topological polar surface area (TPSA) is 59.9 Å². The minimum atomic E-state index is -0.496. The number of fused-ring (bicyclic) bond motifs is 3. The molecule has 0 bridgehead atoms. The molecule has 0 fully saturated rings. The second-order valence-electron chi connectivity index (χ2n) is 6.73. The van der Waals surface area contributed by atoms with Gasteiger partial charge in [-0.25, -0.2) is 0 Å². The van der Waals surface area contributed by atoms with Crippen LogP contribution in [-0.4, -0.2) is 15.2 Å². The van der Waals surface area contributed by atoms with E-state index in [1.165, 1.54) is 17.3 Å². The Labute approximate surface area is 183 Å². The van der Waals surface area contributed by atoms with E-state index in [4.69, 9.17) is 16.3 Å². The summed E-state index contributed by atoms with van der Waals surface area (Å²) in [6, 6.07) is 25.7. The second kappa shape index (κ2) is 8.34. The summed E-state index contributed by atoms with van der Waals surface area (Å²) in [5.74, 6) is 1.19. The Morgan fingerprint density at radius 2 is 1.67 bits per heavy atom. The van der Waals surface area contributed by atoms with Crippen LogP contribution >= 0.6 is 23.4 Å². The third-order valence-corrected chi connectivity index (χ3v) is 5.99. The van der Waals surface area contributed by atoms with Gasteiger partial charge in [0.2, 0.25) is 11.0 Å². The summed E-state index contributed by atoms with van der Waals surface area (Å²) in [7, 11) is 0. The van der Waals surface area contributed by atoms with Gasteiger partial charge in [-0.3, -0.25) is 0 Å². The first-order chi connectivity index (χ1) is 14.8. The molecule has 0 aliphatic carbocycles. The smallest absolute Gasteiger partial charge is 0.247 e. The van der Waals surface area contributed by atoms with Crippen LogP contribution in [0.15, 0.2) is 84.0 Å². The van der Waals surface area contributed by atoms with Crippen LogP contribution < -0.4 is 10.1 Å². The number of nitrogens with one attached hydrogen (secondary N) is 1. The Bertz CT molecular complexity index is 1190. The number of anilines is 1. The van der Waals surface area contributed by atoms with Gasteiger partial charge in [0.1, 0.15) is 0 Å². The lowest BCUT2D eigenvalue weighted by Crippen LogP contribution is -2.17.